The minimum atomic E-state index is -0.0107. The second-order valence-corrected chi connectivity index (χ2v) is 6.99. The summed E-state index contributed by atoms with van der Waals surface area (Å²) in [7, 11) is 0. The number of rotatable bonds is 4. The highest BCUT2D eigenvalue weighted by Crippen LogP contribution is 2.34. The van der Waals surface area contributed by atoms with Gasteiger partial charge in [0, 0.05) is 25.2 Å². The minimum absolute atomic E-state index is 0.0107. The fraction of sp³-hybridized carbons (Fsp3) is 1.00. The average Bonchev–Trinajstić information content (AvgIpc) is 3.05. The van der Waals surface area contributed by atoms with Gasteiger partial charge in [0.25, 0.3) is 0 Å². The molecule has 0 spiro atoms. The first-order chi connectivity index (χ1) is 8.46. The summed E-state index contributed by atoms with van der Waals surface area (Å²) in [6, 6.07) is 1.41. The molecule has 18 heavy (non-hydrogen) atoms. The van der Waals surface area contributed by atoms with E-state index in [9.17, 15) is 0 Å². The van der Waals surface area contributed by atoms with E-state index in [1.807, 2.05) is 0 Å². The van der Waals surface area contributed by atoms with Crippen LogP contribution in [0.5, 0.6) is 0 Å². The molecule has 3 nitrogen and oxygen atoms in total. The Kier molecular flexibility index (Phi) is 4.68. The summed E-state index contributed by atoms with van der Waals surface area (Å²) in [4.78, 5) is 2.62. The van der Waals surface area contributed by atoms with E-state index in [2.05, 4.69) is 37.9 Å². The van der Waals surface area contributed by atoms with Crippen LogP contribution < -0.4 is 5.32 Å². The van der Waals surface area contributed by atoms with Crippen molar-refractivity contribution >= 4 is 0 Å². The summed E-state index contributed by atoms with van der Waals surface area (Å²) in [5.41, 5.74) is -0.0107. The standard InChI is InChI=1S/C15H30N2O/c1-12-7-8-16-14(13-5-6-13)11-17(12)9-10-18-15(2,3)4/h12-14,16H,5-11H2,1-4H3. The first-order valence-corrected chi connectivity index (χ1v) is 7.57. The zero-order chi connectivity index (χ0) is 13.2. The van der Waals surface area contributed by atoms with Crippen LogP contribution in [0.1, 0.15) is 47.0 Å². The zero-order valence-electron chi connectivity index (χ0n) is 12.5. The van der Waals surface area contributed by atoms with E-state index in [0.717, 1.165) is 25.1 Å². The SMILES string of the molecule is CC1CCNC(C2CC2)CN1CCOC(C)(C)C. The highest BCUT2D eigenvalue weighted by atomic mass is 16.5. The van der Waals surface area contributed by atoms with Crippen molar-refractivity contribution in [3.05, 3.63) is 0 Å². The highest BCUT2D eigenvalue weighted by Gasteiger charge is 2.34. The Hall–Kier alpha value is -0.120. The largest absolute Gasteiger partial charge is 0.375 e. The second-order valence-electron chi connectivity index (χ2n) is 6.99. The quantitative estimate of drug-likeness (QED) is 0.833. The molecule has 0 aromatic carbocycles. The summed E-state index contributed by atoms with van der Waals surface area (Å²) < 4.78 is 5.87. The molecule has 2 fully saturated rings. The van der Waals surface area contributed by atoms with Crippen molar-refractivity contribution in [2.75, 3.05) is 26.2 Å². The molecule has 0 aromatic heterocycles. The Morgan fingerprint density at radius 3 is 2.56 bits per heavy atom. The third-order valence-electron chi connectivity index (χ3n) is 4.13. The maximum atomic E-state index is 5.87. The van der Waals surface area contributed by atoms with Crippen LogP contribution in [0.3, 0.4) is 0 Å². The molecule has 1 aliphatic heterocycles. The van der Waals surface area contributed by atoms with Crippen molar-refractivity contribution in [1.82, 2.24) is 10.2 Å². The smallest absolute Gasteiger partial charge is 0.0600 e. The lowest BCUT2D eigenvalue weighted by Crippen LogP contribution is -2.43. The number of nitrogens with one attached hydrogen (secondary N) is 1. The molecule has 2 unspecified atom stereocenters. The third kappa shape index (κ3) is 4.52. The van der Waals surface area contributed by atoms with Crippen molar-refractivity contribution < 1.29 is 4.74 Å². The van der Waals surface area contributed by atoms with Crippen LogP contribution in [0, 0.1) is 5.92 Å². The van der Waals surface area contributed by atoms with Gasteiger partial charge in [0.15, 0.2) is 0 Å². The summed E-state index contributed by atoms with van der Waals surface area (Å²) in [6.07, 6.45) is 4.12. The molecular weight excluding hydrogens is 224 g/mol. The summed E-state index contributed by atoms with van der Waals surface area (Å²) >= 11 is 0. The predicted molar refractivity (Wildman–Crippen MR) is 75.9 cm³/mol. The molecule has 0 radical (unpaired) electrons. The van der Waals surface area contributed by atoms with Gasteiger partial charge in [0.1, 0.15) is 0 Å². The van der Waals surface area contributed by atoms with E-state index in [1.165, 1.54) is 32.4 Å². The number of nitrogens with zero attached hydrogens (tertiary/aromatic N) is 1. The minimum Gasteiger partial charge on any atom is -0.375 e. The van der Waals surface area contributed by atoms with Crippen molar-refractivity contribution in [3.8, 4) is 0 Å². The van der Waals surface area contributed by atoms with Crippen LogP contribution in [0.15, 0.2) is 0 Å². The van der Waals surface area contributed by atoms with E-state index in [1.54, 1.807) is 0 Å². The lowest BCUT2D eigenvalue weighted by Gasteiger charge is -2.30. The van der Waals surface area contributed by atoms with Crippen molar-refractivity contribution in [2.24, 2.45) is 5.92 Å². The fourth-order valence-electron chi connectivity index (χ4n) is 2.75. The molecular formula is C15H30N2O. The van der Waals surface area contributed by atoms with E-state index in [4.69, 9.17) is 4.74 Å². The van der Waals surface area contributed by atoms with E-state index in [0.29, 0.717) is 6.04 Å². The molecule has 1 aliphatic carbocycles. The molecule has 1 saturated heterocycles. The summed E-state index contributed by atoms with van der Waals surface area (Å²) in [5, 5.41) is 3.73. The monoisotopic (exact) mass is 254 g/mol. The van der Waals surface area contributed by atoms with Gasteiger partial charge in [-0.25, -0.2) is 0 Å². The molecule has 2 rings (SSSR count). The predicted octanol–water partition coefficient (Wildman–Crippen LogP) is 2.26. The van der Waals surface area contributed by atoms with Gasteiger partial charge in [-0.3, -0.25) is 4.90 Å². The topological polar surface area (TPSA) is 24.5 Å². The third-order valence-corrected chi connectivity index (χ3v) is 4.13. The van der Waals surface area contributed by atoms with E-state index >= 15 is 0 Å². The molecule has 0 bridgehead atoms. The molecule has 106 valence electrons. The maximum absolute atomic E-state index is 5.87. The van der Waals surface area contributed by atoms with Crippen LogP contribution in [0.4, 0.5) is 0 Å². The van der Waals surface area contributed by atoms with Gasteiger partial charge in [-0.1, -0.05) is 0 Å². The van der Waals surface area contributed by atoms with Crippen LogP contribution >= 0.6 is 0 Å². The molecule has 3 heteroatoms. The van der Waals surface area contributed by atoms with Gasteiger partial charge in [0.2, 0.25) is 0 Å². The molecule has 1 N–H and O–H groups in total. The summed E-state index contributed by atoms with van der Waals surface area (Å²) in [5.74, 6) is 0.946. The zero-order valence-corrected chi connectivity index (χ0v) is 12.5. The van der Waals surface area contributed by atoms with Crippen molar-refractivity contribution in [1.29, 1.82) is 0 Å². The van der Waals surface area contributed by atoms with Crippen LogP contribution in [-0.2, 0) is 4.74 Å². The number of ether oxygens (including phenoxy) is 1. The molecule has 2 atom stereocenters. The molecule has 1 heterocycles. The molecule has 0 amide bonds. The van der Waals surface area contributed by atoms with Gasteiger partial charge in [0.05, 0.1) is 12.2 Å². The average molecular weight is 254 g/mol. The molecule has 1 saturated carbocycles. The maximum Gasteiger partial charge on any atom is 0.0600 e. The Morgan fingerprint density at radius 2 is 1.94 bits per heavy atom. The van der Waals surface area contributed by atoms with Crippen LogP contribution in [0.2, 0.25) is 0 Å². The molecule has 0 aromatic rings. The number of hydrogen-bond acceptors (Lipinski definition) is 3. The molecule has 2 aliphatic rings. The second kappa shape index (κ2) is 5.89. The summed E-state index contributed by atoms with van der Waals surface area (Å²) in [6.45, 7) is 13.1. The Bertz CT molecular complexity index is 258. The highest BCUT2D eigenvalue weighted by molar-refractivity contribution is 4.91. The lowest BCUT2D eigenvalue weighted by molar-refractivity contribution is -0.0172. The van der Waals surface area contributed by atoms with Gasteiger partial charge >= 0.3 is 0 Å². The van der Waals surface area contributed by atoms with E-state index < -0.39 is 0 Å². The van der Waals surface area contributed by atoms with Crippen molar-refractivity contribution in [2.45, 2.75) is 64.6 Å². The fourth-order valence-corrected chi connectivity index (χ4v) is 2.75. The van der Waals surface area contributed by atoms with Crippen molar-refractivity contribution in [3.63, 3.8) is 0 Å². The van der Waals surface area contributed by atoms with E-state index in [-0.39, 0.29) is 5.60 Å². The van der Waals surface area contributed by atoms with Crippen LogP contribution in [-0.4, -0.2) is 48.8 Å². The Morgan fingerprint density at radius 1 is 1.22 bits per heavy atom. The van der Waals surface area contributed by atoms with Gasteiger partial charge in [-0.2, -0.15) is 0 Å². The Labute approximate surface area is 112 Å². The number of hydrogen-bond donors (Lipinski definition) is 1. The van der Waals surface area contributed by atoms with Gasteiger partial charge < -0.3 is 10.1 Å². The van der Waals surface area contributed by atoms with Gasteiger partial charge in [-0.15, -0.1) is 0 Å². The lowest BCUT2D eigenvalue weighted by atomic mass is 10.1. The Balaban J connectivity index is 1.79. The first kappa shape index (κ1) is 14.3. The van der Waals surface area contributed by atoms with Crippen LogP contribution in [0.25, 0.3) is 0 Å². The normalized spacial score (nSPS) is 31.3. The van der Waals surface area contributed by atoms with Gasteiger partial charge in [-0.05, 0) is 59.4 Å². The first-order valence-electron chi connectivity index (χ1n) is 7.57.